The monoisotopic (exact) mass is 378 g/mol. The molecule has 6 aromatic heterocycles. The molecule has 7 nitrogen and oxygen atoms in total. The molecule has 0 fully saturated rings. The molecule has 29 heavy (non-hydrogen) atoms. The Balaban J connectivity index is 1.53. The zero-order chi connectivity index (χ0) is 19.2. The fraction of sp³-hybridized carbons (Fsp3) is 0. The molecule has 138 valence electrons. The van der Waals surface area contributed by atoms with Crippen molar-refractivity contribution in [1.29, 1.82) is 0 Å². The van der Waals surface area contributed by atoms with Gasteiger partial charge in [-0.05, 0) is 30.3 Å². The number of fused-ring (bicyclic) bond motifs is 2. The van der Waals surface area contributed by atoms with Gasteiger partial charge in [-0.2, -0.15) is 5.10 Å². The van der Waals surface area contributed by atoms with Crippen LogP contribution in [0.4, 0.5) is 0 Å². The van der Waals surface area contributed by atoms with Gasteiger partial charge >= 0.3 is 0 Å². The Hall–Kier alpha value is -4.26. The van der Waals surface area contributed by atoms with E-state index in [0.717, 1.165) is 55.7 Å². The number of nitrogens with one attached hydrogen (secondary N) is 2. The number of nitrogens with zero attached hydrogens (tertiary/aromatic N) is 4. The first kappa shape index (κ1) is 15.8. The van der Waals surface area contributed by atoms with E-state index >= 15 is 0 Å². The van der Waals surface area contributed by atoms with Crippen molar-refractivity contribution >= 4 is 21.8 Å². The Bertz CT molecular complexity index is 1450. The third-order valence-electron chi connectivity index (χ3n) is 5.01. The maximum absolute atomic E-state index is 5.24. The van der Waals surface area contributed by atoms with E-state index in [1.807, 2.05) is 42.7 Å². The van der Waals surface area contributed by atoms with Gasteiger partial charge < -0.3 is 9.40 Å². The minimum atomic E-state index is 0.803. The minimum Gasteiger partial charge on any atom is -0.472 e. The average Bonchev–Trinajstić information content (AvgIpc) is 3.52. The standard InChI is InChI=1S/C22H14N6O/c1-2-5-24-17(3-1)18-8-15-21(11-25-18)27-28-22(15)19-7-14-16(13-4-6-29-12-13)9-23-10-20(14)26-19/h1-12,26H,(H,27,28). The number of furan rings is 1. The van der Waals surface area contributed by atoms with Gasteiger partial charge in [0.2, 0.25) is 0 Å². The number of hydrogen-bond acceptors (Lipinski definition) is 5. The molecule has 0 atom stereocenters. The molecular weight excluding hydrogens is 364 g/mol. The molecule has 0 aliphatic heterocycles. The SMILES string of the molecule is c1ccc(-c2cc3c(-c4cc5c(-c6ccoc6)cncc5[nH]4)n[nH]c3cn2)nc1. The lowest BCUT2D eigenvalue weighted by molar-refractivity contribution is 0.568. The normalized spacial score (nSPS) is 11.4. The third-order valence-corrected chi connectivity index (χ3v) is 5.01. The number of rotatable bonds is 3. The van der Waals surface area contributed by atoms with E-state index in [1.165, 1.54) is 0 Å². The number of pyridine rings is 3. The lowest BCUT2D eigenvalue weighted by Crippen LogP contribution is -1.86. The Kier molecular flexibility index (Phi) is 3.33. The fourth-order valence-electron chi connectivity index (χ4n) is 3.60. The summed E-state index contributed by atoms with van der Waals surface area (Å²) in [6.45, 7) is 0. The van der Waals surface area contributed by atoms with Crippen molar-refractivity contribution < 1.29 is 4.42 Å². The average molecular weight is 378 g/mol. The molecule has 0 saturated carbocycles. The van der Waals surface area contributed by atoms with E-state index in [2.05, 4.69) is 36.2 Å². The first-order chi connectivity index (χ1) is 14.4. The number of H-pyrrole nitrogens is 2. The summed E-state index contributed by atoms with van der Waals surface area (Å²) in [5.41, 5.74) is 7.16. The van der Waals surface area contributed by atoms with Crippen molar-refractivity contribution in [3.8, 4) is 33.9 Å². The highest BCUT2D eigenvalue weighted by atomic mass is 16.3. The van der Waals surface area contributed by atoms with Crippen LogP contribution in [0.1, 0.15) is 0 Å². The summed E-state index contributed by atoms with van der Waals surface area (Å²) < 4.78 is 5.24. The van der Waals surface area contributed by atoms with Crippen molar-refractivity contribution in [1.82, 2.24) is 30.1 Å². The Labute approximate surface area is 164 Å². The van der Waals surface area contributed by atoms with Crippen LogP contribution >= 0.6 is 0 Å². The Morgan fingerprint density at radius 3 is 2.72 bits per heavy atom. The first-order valence-electron chi connectivity index (χ1n) is 9.12. The van der Waals surface area contributed by atoms with Crippen LogP contribution in [0.5, 0.6) is 0 Å². The van der Waals surface area contributed by atoms with Crippen LogP contribution in [-0.4, -0.2) is 30.1 Å². The van der Waals surface area contributed by atoms with E-state index in [4.69, 9.17) is 4.42 Å². The summed E-state index contributed by atoms with van der Waals surface area (Å²) >= 11 is 0. The van der Waals surface area contributed by atoms with E-state index < -0.39 is 0 Å². The highest BCUT2D eigenvalue weighted by molar-refractivity contribution is 6.00. The van der Waals surface area contributed by atoms with E-state index in [9.17, 15) is 0 Å². The maximum atomic E-state index is 5.24. The largest absolute Gasteiger partial charge is 0.472 e. The Morgan fingerprint density at radius 1 is 0.862 bits per heavy atom. The van der Waals surface area contributed by atoms with Gasteiger partial charge in [-0.1, -0.05) is 6.07 Å². The predicted octanol–water partition coefficient (Wildman–Crippen LogP) is 4.82. The minimum absolute atomic E-state index is 0.803. The summed E-state index contributed by atoms with van der Waals surface area (Å²) in [5.74, 6) is 0. The zero-order valence-electron chi connectivity index (χ0n) is 15.1. The van der Waals surface area contributed by atoms with Gasteiger partial charge in [0.1, 0.15) is 5.69 Å². The van der Waals surface area contributed by atoms with Crippen LogP contribution in [0.3, 0.4) is 0 Å². The lowest BCUT2D eigenvalue weighted by Gasteiger charge is -2.00. The van der Waals surface area contributed by atoms with Crippen LogP contribution in [0.15, 0.2) is 78.1 Å². The smallest absolute Gasteiger partial charge is 0.116 e. The molecule has 0 radical (unpaired) electrons. The summed E-state index contributed by atoms with van der Waals surface area (Å²) in [6, 6.07) is 11.8. The molecule has 0 spiro atoms. The van der Waals surface area contributed by atoms with Crippen molar-refractivity contribution in [2.45, 2.75) is 0 Å². The molecule has 6 aromatic rings. The maximum Gasteiger partial charge on any atom is 0.116 e. The fourth-order valence-corrected chi connectivity index (χ4v) is 3.60. The van der Waals surface area contributed by atoms with Gasteiger partial charge in [0.25, 0.3) is 0 Å². The molecule has 6 heterocycles. The van der Waals surface area contributed by atoms with E-state index in [1.54, 1.807) is 24.9 Å². The lowest BCUT2D eigenvalue weighted by atomic mass is 10.1. The zero-order valence-corrected chi connectivity index (χ0v) is 15.1. The Morgan fingerprint density at radius 2 is 1.86 bits per heavy atom. The third kappa shape index (κ3) is 2.52. The molecule has 0 aliphatic rings. The molecule has 7 heteroatoms. The highest BCUT2D eigenvalue weighted by Gasteiger charge is 2.15. The topological polar surface area (TPSA) is 96.3 Å². The predicted molar refractivity (Wildman–Crippen MR) is 110 cm³/mol. The summed E-state index contributed by atoms with van der Waals surface area (Å²) in [5, 5.41) is 9.64. The molecule has 6 rings (SSSR count). The van der Waals surface area contributed by atoms with Crippen LogP contribution in [0, 0.1) is 0 Å². The molecule has 0 saturated heterocycles. The second-order valence-corrected chi connectivity index (χ2v) is 6.75. The van der Waals surface area contributed by atoms with Gasteiger partial charge in [0.15, 0.2) is 0 Å². The van der Waals surface area contributed by atoms with Crippen molar-refractivity contribution in [3.05, 3.63) is 73.7 Å². The van der Waals surface area contributed by atoms with Crippen molar-refractivity contribution in [3.63, 3.8) is 0 Å². The van der Waals surface area contributed by atoms with Gasteiger partial charge in [0.05, 0.1) is 53.0 Å². The number of hydrogen-bond donors (Lipinski definition) is 2. The molecular formula is C22H14N6O. The van der Waals surface area contributed by atoms with Gasteiger partial charge in [-0.3, -0.25) is 20.1 Å². The first-order valence-corrected chi connectivity index (χ1v) is 9.12. The van der Waals surface area contributed by atoms with Crippen LogP contribution < -0.4 is 0 Å². The van der Waals surface area contributed by atoms with E-state index in [0.29, 0.717) is 0 Å². The highest BCUT2D eigenvalue weighted by Crippen LogP contribution is 2.34. The number of aromatic nitrogens is 6. The summed E-state index contributed by atoms with van der Waals surface area (Å²) in [6.07, 6.45) is 10.6. The molecule has 0 bridgehead atoms. The molecule has 0 aromatic carbocycles. The van der Waals surface area contributed by atoms with Crippen molar-refractivity contribution in [2.24, 2.45) is 0 Å². The summed E-state index contributed by atoms with van der Waals surface area (Å²) in [4.78, 5) is 16.7. The van der Waals surface area contributed by atoms with Crippen LogP contribution in [0.25, 0.3) is 55.7 Å². The van der Waals surface area contributed by atoms with Crippen LogP contribution in [-0.2, 0) is 0 Å². The molecule has 0 amide bonds. The van der Waals surface area contributed by atoms with Crippen molar-refractivity contribution in [2.75, 3.05) is 0 Å². The van der Waals surface area contributed by atoms with E-state index in [-0.39, 0.29) is 0 Å². The quantitative estimate of drug-likeness (QED) is 0.460. The molecule has 0 unspecified atom stereocenters. The van der Waals surface area contributed by atoms with Crippen LogP contribution in [0.2, 0.25) is 0 Å². The molecule has 0 aliphatic carbocycles. The van der Waals surface area contributed by atoms with Gasteiger partial charge in [-0.25, -0.2) is 0 Å². The second kappa shape index (κ2) is 6.13. The molecule has 2 N–H and O–H groups in total. The number of aromatic amines is 2. The second-order valence-electron chi connectivity index (χ2n) is 6.75. The van der Waals surface area contributed by atoms with Gasteiger partial charge in [-0.15, -0.1) is 0 Å². The summed E-state index contributed by atoms with van der Waals surface area (Å²) in [7, 11) is 0. The van der Waals surface area contributed by atoms with Gasteiger partial charge in [0, 0.05) is 34.3 Å².